The van der Waals surface area contributed by atoms with E-state index in [4.69, 9.17) is 5.14 Å². The highest BCUT2D eigenvalue weighted by atomic mass is 32.2. The standard InChI is InChI=1S/C15H25NO2S2/c1-4-6-7-8-9-11-14-13(10-5-2)12(3)15(19-14)20(16,17)18/h6-7H,4-5,8-11H2,1-3H3,(H2,16,17,18)/b7-6+. The summed E-state index contributed by atoms with van der Waals surface area (Å²) in [7, 11) is -3.59. The fourth-order valence-electron chi connectivity index (χ4n) is 2.30. The molecule has 0 radical (unpaired) electrons. The van der Waals surface area contributed by atoms with Crippen molar-refractivity contribution >= 4 is 21.4 Å². The maximum absolute atomic E-state index is 11.6. The molecule has 0 fully saturated rings. The van der Waals surface area contributed by atoms with Crippen LogP contribution in [0.4, 0.5) is 0 Å². The number of nitrogens with two attached hydrogens (primary N) is 1. The first-order valence-electron chi connectivity index (χ1n) is 7.20. The highest BCUT2D eigenvalue weighted by Gasteiger charge is 2.20. The SMILES string of the molecule is CC/C=C/CCCc1sc(S(N)(=O)=O)c(C)c1CCC. The third-order valence-corrected chi connectivity index (χ3v) is 6.21. The molecule has 2 N–H and O–H groups in total. The normalized spacial score (nSPS) is 12.4. The first-order chi connectivity index (χ1) is 9.41. The molecule has 3 nitrogen and oxygen atoms in total. The topological polar surface area (TPSA) is 60.2 Å². The van der Waals surface area contributed by atoms with Crippen LogP contribution in [0.15, 0.2) is 16.4 Å². The predicted octanol–water partition coefficient (Wildman–Crippen LogP) is 3.95. The van der Waals surface area contributed by atoms with E-state index in [1.54, 1.807) is 0 Å². The zero-order valence-corrected chi connectivity index (χ0v) is 14.2. The number of rotatable bonds is 8. The first kappa shape index (κ1) is 17.4. The zero-order valence-electron chi connectivity index (χ0n) is 12.6. The maximum Gasteiger partial charge on any atom is 0.247 e. The fraction of sp³-hybridized carbons (Fsp3) is 0.600. The van der Waals surface area contributed by atoms with E-state index in [0.717, 1.165) is 44.1 Å². The van der Waals surface area contributed by atoms with Gasteiger partial charge in [0, 0.05) is 4.88 Å². The summed E-state index contributed by atoms with van der Waals surface area (Å²) < 4.78 is 23.6. The molecule has 0 aliphatic heterocycles. The van der Waals surface area contributed by atoms with Gasteiger partial charge >= 0.3 is 0 Å². The molecule has 5 heteroatoms. The van der Waals surface area contributed by atoms with Crippen LogP contribution in [0.25, 0.3) is 0 Å². The highest BCUT2D eigenvalue weighted by Crippen LogP contribution is 2.33. The second-order valence-corrected chi connectivity index (χ2v) is 7.84. The average Bonchev–Trinajstić information content (AvgIpc) is 2.67. The molecule has 114 valence electrons. The lowest BCUT2D eigenvalue weighted by Crippen LogP contribution is -2.11. The van der Waals surface area contributed by atoms with Crippen LogP contribution in [-0.4, -0.2) is 8.42 Å². The summed E-state index contributed by atoms with van der Waals surface area (Å²) in [4.78, 5) is 1.19. The van der Waals surface area contributed by atoms with Crippen molar-refractivity contribution in [2.75, 3.05) is 0 Å². The zero-order chi connectivity index (χ0) is 15.2. The molecule has 0 spiro atoms. The Morgan fingerprint density at radius 1 is 1.20 bits per heavy atom. The molecule has 0 aromatic carbocycles. The van der Waals surface area contributed by atoms with E-state index >= 15 is 0 Å². The van der Waals surface area contributed by atoms with E-state index in [2.05, 4.69) is 26.0 Å². The Morgan fingerprint density at radius 3 is 2.45 bits per heavy atom. The molecule has 0 saturated carbocycles. The van der Waals surface area contributed by atoms with Gasteiger partial charge in [0.15, 0.2) is 0 Å². The van der Waals surface area contributed by atoms with Gasteiger partial charge in [-0.15, -0.1) is 11.3 Å². The van der Waals surface area contributed by atoms with Gasteiger partial charge in [-0.2, -0.15) is 0 Å². The summed E-state index contributed by atoms with van der Waals surface area (Å²) >= 11 is 1.36. The van der Waals surface area contributed by atoms with Crippen molar-refractivity contribution in [2.24, 2.45) is 5.14 Å². The van der Waals surface area contributed by atoms with Gasteiger partial charge in [0.2, 0.25) is 10.0 Å². The molecule has 0 atom stereocenters. The molecule has 1 aromatic rings. The lowest BCUT2D eigenvalue weighted by Gasteiger charge is -2.03. The van der Waals surface area contributed by atoms with E-state index in [0.29, 0.717) is 4.21 Å². The van der Waals surface area contributed by atoms with Crippen molar-refractivity contribution in [3.05, 3.63) is 28.2 Å². The lowest BCUT2D eigenvalue weighted by atomic mass is 10.0. The molecule has 1 rings (SSSR count). The van der Waals surface area contributed by atoms with Crippen molar-refractivity contribution in [3.63, 3.8) is 0 Å². The summed E-state index contributed by atoms with van der Waals surface area (Å²) in [6.07, 6.45) is 10.4. The quantitative estimate of drug-likeness (QED) is 0.583. The van der Waals surface area contributed by atoms with Crippen LogP contribution in [0.5, 0.6) is 0 Å². The monoisotopic (exact) mass is 315 g/mol. The van der Waals surface area contributed by atoms with Crippen molar-refractivity contribution < 1.29 is 8.42 Å². The van der Waals surface area contributed by atoms with Gasteiger partial charge in [0.25, 0.3) is 0 Å². The predicted molar refractivity (Wildman–Crippen MR) is 86.8 cm³/mol. The Hall–Kier alpha value is -0.650. The molecule has 0 unspecified atom stereocenters. The molecule has 1 heterocycles. The van der Waals surface area contributed by atoms with Gasteiger partial charge in [0.05, 0.1) is 0 Å². The lowest BCUT2D eigenvalue weighted by molar-refractivity contribution is 0.599. The number of aryl methyl sites for hydroxylation is 1. The van der Waals surface area contributed by atoms with Gasteiger partial charge in [-0.05, 0) is 50.2 Å². The van der Waals surface area contributed by atoms with Gasteiger partial charge in [-0.1, -0.05) is 32.4 Å². The van der Waals surface area contributed by atoms with E-state index in [1.807, 2.05) is 6.92 Å². The molecule has 0 aliphatic rings. The Bertz CT molecular complexity index is 557. The van der Waals surface area contributed by atoms with Crippen molar-refractivity contribution in [1.82, 2.24) is 0 Å². The fourth-order valence-corrected chi connectivity index (χ4v) is 4.74. The third-order valence-electron chi connectivity index (χ3n) is 3.25. The molecule has 0 amide bonds. The summed E-state index contributed by atoms with van der Waals surface area (Å²) in [6, 6.07) is 0. The van der Waals surface area contributed by atoms with Crippen LogP contribution in [0, 0.1) is 6.92 Å². The minimum atomic E-state index is -3.59. The average molecular weight is 316 g/mol. The molecule has 0 aliphatic carbocycles. The number of sulfonamides is 1. The molecular formula is C15H25NO2S2. The van der Waals surface area contributed by atoms with Crippen molar-refractivity contribution in [3.8, 4) is 0 Å². The van der Waals surface area contributed by atoms with Crippen LogP contribution in [0.3, 0.4) is 0 Å². The summed E-state index contributed by atoms with van der Waals surface area (Å²) in [5.41, 5.74) is 2.06. The Balaban J connectivity index is 2.91. The van der Waals surface area contributed by atoms with Crippen LogP contribution >= 0.6 is 11.3 Å². The first-order valence-corrected chi connectivity index (χ1v) is 9.57. The third kappa shape index (κ3) is 4.72. The van der Waals surface area contributed by atoms with E-state index in [-0.39, 0.29) is 0 Å². The van der Waals surface area contributed by atoms with Crippen molar-refractivity contribution in [2.45, 2.75) is 63.5 Å². The number of hydrogen-bond donors (Lipinski definition) is 1. The number of unbranched alkanes of at least 4 members (excludes halogenated alkanes) is 1. The maximum atomic E-state index is 11.6. The van der Waals surface area contributed by atoms with Crippen LogP contribution < -0.4 is 5.14 Å². The van der Waals surface area contributed by atoms with E-state index in [9.17, 15) is 8.42 Å². The summed E-state index contributed by atoms with van der Waals surface area (Å²) in [5, 5.41) is 5.30. The van der Waals surface area contributed by atoms with E-state index in [1.165, 1.54) is 21.8 Å². The largest absolute Gasteiger partial charge is 0.247 e. The highest BCUT2D eigenvalue weighted by molar-refractivity contribution is 7.91. The second-order valence-electron chi connectivity index (χ2n) is 4.98. The molecule has 1 aromatic heterocycles. The Labute approximate surface area is 126 Å². The van der Waals surface area contributed by atoms with Gasteiger partial charge < -0.3 is 0 Å². The minimum Gasteiger partial charge on any atom is -0.224 e. The molecular weight excluding hydrogens is 290 g/mol. The van der Waals surface area contributed by atoms with Crippen LogP contribution in [0.1, 0.15) is 55.5 Å². The van der Waals surface area contributed by atoms with Crippen LogP contribution in [0.2, 0.25) is 0 Å². The Morgan fingerprint density at radius 2 is 1.90 bits per heavy atom. The molecule has 0 saturated heterocycles. The van der Waals surface area contributed by atoms with Gasteiger partial charge in [0.1, 0.15) is 4.21 Å². The number of allylic oxidation sites excluding steroid dienone is 2. The number of hydrogen-bond acceptors (Lipinski definition) is 3. The van der Waals surface area contributed by atoms with Gasteiger partial charge in [-0.25, -0.2) is 13.6 Å². The van der Waals surface area contributed by atoms with Gasteiger partial charge in [-0.3, -0.25) is 0 Å². The van der Waals surface area contributed by atoms with Crippen molar-refractivity contribution in [1.29, 1.82) is 0 Å². The summed E-state index contributed by atoms with van der Waals surface area (Å²) in [6.45, 7) is 6.11. The second kappa shape index (κ2) is 7.96. The smallest absolute Gasteiger partial charge is 0.224 e. The van der Waals surface area contributed by atoms with E-state index < -0.39 is 10.0 Å². The van der Waals surface area contributed by atoms with Crippen LogP contribution in [-0.2, 0) is 22.9 Å². The number of thiophene rings is 1. The Kier molecular flexibility index (Phi) is 6.92. The summed E-state index contributed by atoms with van der Waals surface area (Å²) in [5.74, 6) is 0. The number of primary sulfonamides is 1. The molecule has 0 bridgehead atoms. The molecule has 20 heavy (non-hydrogen) atoms. The minimum absolute atomic E-state index is 0.347.